The summed E-state index contributed by atoms with van der Waals surface area (Å²) in [6.07, 6.45) is 0. The first-order chi connectivity index (χ1) is 12.0. The second-order valence-electron chi connectivity index (χ2n) is 7.91. The average Bonchev–Trinajstić information content (AvgIpc) is 2.51. The Balaban J connectivity index is 2.85. The second-order valence-corrected chi connectivity index (χ2v) is 7.91. The van der Waals surface area contributed by atoms with Crippen molar-refractivity contribution in [2.75, 3.05) is 6.61 Å². The first-order valence-corrected chi connectivity index (χ1v) is 9.01. The van der Waals surface area contributed by atoms with Crippen molar-refractivity contribution >= 4 is 5.97 Å². The van der Waals surface area contributed by atoms with Crippen LogP contribution in [0.1, 0.15) is 66.0 Å². The van der Waals surface area contributed by atoms with Crippen LogP contribution in [0.5, 0.6) is 0 Å². The summed E-state index contributed by atoms with van der Waals surface area (Å²) in [4.78, 5) is 28.6. The molecule has 26 heavy (non-hydrogen) atoms. The van der Waals surface area contributed by atoms with Gasteiger partial charge in [0.2, 0.25) is 0 Å². The lowest BCUT2D eigenvalue weighted by molar-refractivity contribution is 0.0525. The zero-order chi connectivity index (χ0) is 19.8. The molecule has 0 aliphatic heterocycles. The lowest BCUT2D eigenvalue weighted by Gasteiger charge is -2.23. The van der Waals surface area contributed by atoms with Gasteiger partial charge in [0.15, 0.2) is 5.43 Å². The second kappa shape index (κ2) is 7.10. The Morgan fingerprint density at radius 3 is 2.08 bits per heavy atom. The number of benzene rings is 1. The van der Waals surface area contributed by atoms with Crippen LogP contribution in [-0.2, 0) is 10.2 Å². The van der Waals surface area contributed by atoms with E-state index in [1.165, 1.54) is 5.56 Å². The van der Waals surface area contributed by atoms with Crippen molar-refractivity contribution in [2.24, 2.45) is 0 Å². The number of rotatable bonds is 3. The average molecular weight is 355 g/mol. The van der Waals surface area contributed by atoms with E-state index in [0.29, 0.717) is 11.3 Å². The van der Waals surface area contributed by atoms with Crippen LogP contribution in [0.3, 0.4) is 0 Å². The molecule has 0 bridgehead atoms. The number of hydrogen-bond acceptors (Lipinski definition) is 3. The zero-order valence-corrected chi connectivity index (χ0v) is 17.1. The molecule has 0 atom stereocenters. The molecule has 2 aromatic rings. The van der Waals surface area contributed by atoms with E-state index in [1.807, 2.05) is 20.8 Å². The molecule has 0 saturated heterocycles. The normalized spacial score (nSPS) is 11.5. The third-order valence-electron chi connectivity index (χ3n) is 4.82. The fraction of sp³-hybridized carbons (Fsp3) is 0.455. The van der Waals surface area contributed by atoms with Gasteiger partial charge in [0, 0.05) is 16.8 Å². The zero-order valence-electron chi connectivity index (χ0n) is 17.1. The maximum Gasteiger partial charge on any atom is 0.344 e. The van der Waals surface area contributed by atoms with Gasteiger partial charge in [0.25, 0.3) is 0 Å². The SMILES string of the molecule is CCOC(=O)c1c(-c2c(C)cc(C(C)(C)C)cc2C)[nH]c(C)c(C)c1=O. The van der Waals surface area contributed by atoms with Gasteiger partial charge in [-0.3, -0.25) is 4.79 Å². The highest BCUT2D eigenvalue weighted by Crippen LogP contribution is 2.33. The van der Waals surface area contributed by atoms with Gasteiger partial charge in [-0.15, -0.1) is 0 Å². The van der Waals surface area contributed by atoms with E-state index in [0.717, 1.165) is 22.4 Å². The summed E-state index contributed by atoms with van der Waals surface area (Å²) in [7, 11) is 0. The number of aryl methyl sites for hydroxylation is 3. The van der Waals surface area contributed by atoms with Crippen LogP contribution in [-0.4, -0.2) is 17.6 Å². The molecule has 0 unspecified atom stereocenters. The van der Waals surface area contributed by atoms with Gasteiger partial charge in [-0.2, -0.15) is 0 Å². The smallest absolute Gasteiger partial charge is 0.344 e. The fourth-order valence-corrected chi connectivity index (χ4v) is 3.19. The molecule has 0 saturated carbocycles. The molecule has 0 aliphatic rings. The van der Waals surface area contributed by atoms with E-state index in [1.54, 1.807) is 13.8 Å². The molecule has 2 rings (SSSR count). The van der Waals surface area contributed by atoms with Gasteiger partial charge in [-0.05, 0) is 56.7 Å². The van der Waals surface area contributed by atoms with Gasteiger partial charge >= 0.3 is 5.97 Å². The van der Waals surface area contributed by atoms with Gasteiger partial charge in [-0.25, -0.2) is 4.79 Å². The highest BCUT2D eigenvalue weighted by Gasteiger charge is 2.25. The maximum atomic E-state index is 12.8. The predicted molar refractivity (Wildman–Crippen MR) is 106 cm³/mol. The number of esters is 1. The summed E-state index contributed by atoms with van der Waals surface area (Å²) in [6, 6.07) is 4.26. The molecule has 4 nitrogen and oxygen atoms in total. The van der Waals surface area contributed by atoms with Crippen LogP contribution >= 0.6 is 0 Å². The van der Waals surface area contributed by atoms with Crippen molar-refractivity contribution in [3.05, 3.63) is 55.9 Å². The molecular formula is C22H29NO3. The largest absolute Gasteiger partial charge is 0.462 e. The number of nitrogens with one attached hydrogen (secondary N) is 1. The highest BCUT2D eigenvalue weighted by atomic mass is 16.5. The minimum Gasteiger partial charge on any atom is -0.462 e. The molecule has 0 fully saturated rings. The quantitative estimate of drug-likeness (QED) is 0.808. The topological polar surface area (TPSA) is 59.2 Å². The minimum atomic E-state index is -0.578. The lowest BCUT2D eigenvalue weighted by atomic mass is 9.83. The Bertz CT molecular complexity index is 891. The molecule has 0 radical (unpaired) electrons. The van der Waals surface area contributed by atoms with Crippen LogP contribution < -0.4 is 5.43 Å². The number of pyridine rings is 1. The number of carbonyl (C=O) groups is 1. The standard InChI is InChI=1S/C22H29NO3/c1-9-26-21(25)18-19(23-15(5)14(4)20(18)24)17-12(2)10-16(11-13(17)3)22(6,7)8/h10-11H,9H2,1-8H3,(H,23,24). The summed E-state index contributed by atoms with van der Waals surface area (Å²) < 4.78 is 5.16. The third-order valence-corrected chi connectivity index (χ3v) is 4.82. The van der Waals surface area contributed by atoms with Crippen molar-refractivity contribution in [1.29, 1.82) is 0 Å². The molecule has 0 aliphatic carbocycles. The molecule has 0 amide bonds. The van der Waals surface area contributed by atoms with E-state index < -0.39 is 5.97 Å². The van der Waals surface area contributed by atoms with Gasteiger partial charge < -0.3 is 9.72 Å². The Labute approximate surface area is 155 Å². The summed E-state index contributed by atoms with van der Waals surface area (Å²) >= 11 is 0. The summed E-state index contributed by atoms with van der Waals surface area (Å²) in [5, 5.41) is 0. The van der Waals surface area contributed by atoms with Crippen LogP contribution in [0.25, 0.3) is 11.3 Å². The Morgan fingerprint density at radius 1 is 1.08 bits per heavy atom. The summed E-state index contributed by atoms with van der Waals surface area (Å²) in [5.41, 5.74) is 5.86. The van der Waals surface area contributed by atoms with Crippen LogP contribution in [0.2, 0.25) is 0 Å². The van der Waals surface area contributed by atoms with Gasteiger partial charge in [0.1, 0.15) is 5.56 Å². The van der Waals surface area contributed by atoms with Gasteiger partial charge in [-0.1, -0.05) is 32.9 Å². The maximum absolute atomic E-state index is 12.8. The minimum absolute atomic E-state index is 0.0224. The Hall–Kier alpha value is -2.36. The van der Waals surface area contributed by atoms with Crippen LogP contribution in [0.4, 0.5) is 0 Å². The molecule has 4 heteroatoms. The Kier molecular flexibility index (Phi) is 5.45. The Morgan fingerprint density at radius 2 is 1.62 bits per heavy atom. The summed E-state index contributed by atoms with van der Waals surface area (Å²) in [5.74, 6) is -0.578. The van der Waals surface area contributed by atoms with Crippen LogP contribution in [0, 0.1) is 27.7 Å². The molecule has 1 aromatic carbocycles. The highest BCUT2D eigenvalue weighted by molar-refractivity contribution is 5.97. The summed E-state index contributed by atoms with van der Waals surface area (Å²) in [6.45, 7) is 16.1. The van der Waals surface area contributed by atoms with Crippen molar-refractivity contribution in [1.82, 2.24) is 4.98 Å². The molecular weight excluding hydrogens is 326 g/mol. The number of carbonyl (C=O) groups excluding carboxylic acids is 1. The number of aromatic amines is 1. The molecule has 1 aromatic heterocycles. The van der Waals surface area contributed by atoms with Gasteiger partial charge in [0.05, 0.1) is 12.3 Å². The van der Waals surface area contributed by atoms with E-state index in [4.69, 9.17) is 4.74 Å². The van der Waals surface area contributed by atoms with E-state index >= 15 is 0 Å². The first-order valence-electron chi connectivity index (χ1n) is 9.01. The lowest BCUT2D eigenvalue weighted by Crippen LogP contribution is -2.23. The molecule has 1 N–H and O–H groups in total. The monoisotopic (exact) mass is 355 g/mol. The van der Waals surface area contributed by atoms with E-state index in [2.05, 4.69) is 37.9 Å². The number of H-pyrrole nitrogens is 1. The number of hydrogen-bond donors (Lipinski definition) is 1. The fourth-order valence-electron chi connectivity index (χ4n) is 3.19. The number of aromatic nitrogens is 1. The first kappa shape index (κ1) is 20.0. The molecule has 0 spiro atoms. The third kappa shape index (κ3) is 3.59. The van der Waals surface area contributed by atoms with E-state index in [9.17, 15) is 9.59 Å². The van der Waals surface area contributed by atoms with Crippen LogP contribution in [0.15, 0.2) is 16.9 Å². The van der Waals surface area contributed by atoms with E-state index in [-0.39, 0.29) is 23.0 Å². The molecule has 1 heterocycles. The predicted octanol–water partition coefficient (Wildman–Crippen LogP) is 4.75. The van der Waals surface area contributed by atoms with Crippen molar-refractivity contribution < 1.29 is 9.53 Å². The molecule has 140 valence electrons. The van der Waals surface area contributed by atoms with Crippen molar-refractivity contribution in [2.45, 2.75) is 60.8 Å². The van der Waals surface area contributed by atoms with Crippen molar-refractivity contribution in [3.63, 3.8) is 0 Å². The van der Waals surface area contributed by atoms with Crippen molar-refractivity contribution in [3.8, 4) is 11.3 Å². The number of ether oxygens (including phenoxy) is 1.